The van der Waals surface area contributed by atoms with E-state index in [2.05, 4.69) is 49.9 Å². The van der Waals surface area contributed by atoms with Gasteiger partial charge in [-0.15, -0.1) is 10.2 Å². The maximum Gasteiger partial charge on any atom is 0.205 e. The number of rotatable bonds is 5. The van der Waals surface area contributed by atoms with Gasteiger partial charge in [0.15, 0.2) is 0 Å². The number of ether oxygens (including phenoxy) is 1. The predicted molar refractivity (Wildman–Crippen MR) is 103 cm³/mol. The largest absolute Gasteiger partial charge is 0.489 e. The number of nitrogens with zero attached hydrogens (tertiary/aromatic N) is 4. The number of nitrogens with one attached hydrogen (secondary N) is 1. The number of aromatic amines is 1. The molecule has 0 unspecified atom stereocenters. The van der Waals surface area contributed by atoms with Crippen molar-refractivity contribution in [1.29, 1.82) is 0 Å². The molecule has 0 amide bonds. The van der Waals surface area contributed by atoms with Crippen LogP contribution in [0.2, 0.25) is 0 Å². The van der Waals surface area contributed by atoms with Crippen LogP contribution in [0, 0.1) is 13.8 Å². The average molecular weight is 357 g/mol. The molecule has 0 bridgehead atoms. The summed E-state index contributed by atoms with van der Waals surface area (Å²) in [5, 5.41) is 14.5. The first-order valence-electron chi connectivity index (χ1n) is 8.69. The van der Waals surface area contributed by atoms with Gasteiger partial charge in [-0.25, -0.2) is 0 Å². The third-order valence-corrected chi connectivity index (χ3v) is 4.22. The number of hydrogen-bond donors (Lipinski definition) is 1. The first-order chi connectivity index (χ1) is 13.2. The Morgan fingerprint density at radius 3 is 2.37 bits per heavy atom. The van der Waals surface area contributed by atoms with Crippen LogP contribution in [0.4, 0.5) is 0 Å². The summed E-state index contributed by atoms with van der Waals surface area (Å²) >= 11 is 0. The van der Waals surface area contributed by atoms with E-state index in [9.17, 15) is 0 Å². The van der Waals surface area contributed by atoms with Gasteiger partial charge in [0.25, 0.3) is 0 Å². The van der Waals surface area contributed by atoms with Crippen LogP contribution in [-0.2, 0) is 6.61 Å². The molecule has 2 heterocycles. The van der Waals surface area contributed by atoms with E-state index in [0.29, 0.717) is 12.4 Å². The van der Waals surface area contributed by atoms with E-state index in [4.69, 9.17) is 4.74 Å². The van der Waals surface area contributed by atoms with Crippen LogP contribution in [0.5, 0.6) is 5.75 Å². The molecule has 0 saturated carbocycles. The Hall–Kier alpha value is -3.54. The summed E-state index contributed by atoms with van der Waals surface area (Å²) in [5.41, 5.74) is 5.98. The Bertz CT molecular complexity index is 1030. The Kier molecular flexibility index (Phi) is 4.61. The van der Waals surface area contributed by atoms with Gasteiger partial charge in [0, 0.05) is 29.1 Å². The number of tetrazole rings is 1. The van der Waals surface area contributed by atoms with Gasteiger partial charge < -0.3 is 4.74 Å². The fourth-order valence-corrected chi connectivity index (χ4v) is 3.06. The summed E-state index contributed by atoms with van der Waals surface area (Å²) in [6.45, 7) is 4.37. The number of benzene rings is 2. The van der Waals surface area contributed by atoms with E-state index in [0.717, 1.165) is 39.4 Å². The molecule has 0 aliphatic carbocycles. The molecule has 0 aliphatic rings. The molecule has 2 aromatic carbocycles. The van der Waals surface area contributed by atoms with Crippen molar-refractivity contribution in [3.05, 3.63) is 77.6 Å². The molecular formula is C21H19N5O. The molecular weight excluding hydrogens is 338 g/mol. The zero-order valence-corrected chi connectivity index (χ0v) is 15.2. The van der Waals surface area contributed by atoms with Crippen molar-refractivity contribution in [3.8, 4) is 28.3 Å². The van der Waals surface area contributed by atoms with Crippen molar-refractivity contribution in [1.82, 2.24) is 25.6 Å². The molecule has 0 saturated heterocycles. The van der Waals surface area contributed by atoms with Crippen LogP contribution in [0.3, 0.4) is 0 Å². The van der Waals surface area contributed by atoms with Gasteiger partial charge in [-0.3, -0.25) is 4.98 Å². The van der Waals surface area contributed by atoms with Crippen molar-refractivity contribution in [2.24, 2.45) is 0 Å². The van der Waals surface area contributed by atoms with Crippen LogP contribution in [0.15, 0.2) is 60.7 Å². The SMILES string of the molecule is Cc1cc(OCc2ccc(-c3ccccc3)c(-c3nn[nH]n3)c2)cc(C)n1. The lowest BCUT2D eigenvalue weighted by Crippen LogP contribution is -1.99. The van der Waals surface area contributed by atoms with Crippen LogP contribution in [-0.4, -0.2) is 25.6 Å². The third-order valence-electron chi connectivity index (χ3n) is 4.22. The number of hydrogen-bond acceptors (Lipinski definition) is 5. The molecule has 0 fully saturated rings. The smallest absolute Gasteiger partial charge is 0.205 e. The van der Waals surface area contributed by atoms with Crippen LogP contribution in [0.25, 0.3) is 22.5 Å². The maximum absolute atomic E-state index is 5.97. The maximum atomic E-state index is 5.97. The van der Waals surface area contributed by atoms with Gasteiger partial charge in [-0.2, -0.15) is 5.21 Å². The van der Waals surface area contributed by atoms with Gasteiger partial charge in [-0.1, -0.05) is 42.5 Å². The van der Waals surface area contributed by atoms with Gasteiger partial charge in [-0.05, 0) is 41.8 Å². The fourth-order valence-electron chi connectivity index (χ4n) is 3.06. The molecule has 0 atom stereocenters. The molecule has 1 N–H and O–H groups in total. The summed E-state index contributed by atoms with van der Waals surface area (Å²) in [5.74, 6) is 1.37. The van der Waals surface area contributed by atoms with Crippen molar-refractivity contribution >= 4 is 0 Å². The van der Waals surface area contributed by atoms with Crippen molar-refractivity contribution in [3.63, 3.8) is 0 Å². The summed E-state index contributed by atoms with van der Waals surface area (Å²) in [6, 6.07) is 20.2. The average Bonchev–Trinajstić information content (AvgIpc) is 3.21. The third kappa shape index (κ3) is 3.84. The van der Waals surface area contributed by atoms with Gasteiger partial charge >= 0.3 is 0 Å². The van der Waals surface area contributed by atoms with E-state index in [1.54, 1.807) is 0 Å². The molecule has 0 aliphatic heterocycles. The quantitative estimate of drug-likeness (QED) is 0.581. The monoisotopic (exact) mass is 357 g/mol. The second kappa shape index (κ2) is 7.37. The standard InChI is InChI=1S/C21H19N5O/c1-14-10-18(11-15(2)22-14)27-13-16-8-9-19(17-6-4-3-5-7-17)20(12-16)21-23-25-26-24-21/h3-12H,13H2,1-2H3,(H,23,24,25,26). The van der Waals surface area contributed by atoms with E-state index >= 15 is 0 Å². The normalized spacial score (nSPS) is 10.7. The summed E-state index contributed by atoms with van der Waals surface area (Å²) in [7, 11) is 0. The molecule has 6 heteroatoms. The summed E-state index contributed by atoms with van der Waals surface area (Å²) < 4.78 is 5.97. The zero-order valence-electron chi connectivity index (χ0n) is 15.2. The van der Waals surface area contributed by atoms with E-state index in [1.807, 2.05) is 50.2 Å². The summed E-state index contributed by atoms with van der Waals surface area (Å²) in [4.78, 5) is 4.38. The molecule has 4 aromatic rings. The topological polar surface area (TPSA) is 76.6 Å². The highest BCUT2D eigenvalue weighted by atomic mass is 16.5. The van der Waals surface area contributed by atoms with E-state index < -0.39 is 0 Å². The molecule has 0 spiro atoms. The molecule has 2 aromatic heterocycles. The van der Waals surface area contributed by atoms with E-state index in [1.165, 1.54) is 0 Å². The molecule has 4 rings (SSSR count). The van der Waals surface area contributed by atoms with Crippen molar-refractivity contribution in [2.45, 2.75) is 20.5 Å². The number of aromatic nitrogens is 5. The Balaban J connectivity index is 1.66. The number of pyridine rings is 1. The summed E-state index contributed by atoms with van der Waals surface area (Å²) in [6.07, 6.45) is 0. The first kappa shape index (κ1) is 16.9. The van der Waals surface area contributed by atoms with Gasteiger partial charge in [0.05, 0.1) is 0 Å². The fraction of sp³-hybridized carbons (Fsp3) is 0.143. The Labute approximate surface area is 157 Å². The first-order valence-corrected chi connectivity index (χ1v) is 8.69. The highest BCUT2D eigenvalue weighted by molar-refractivity contribution is 5.80. The molecule has 6 nitrogen and oxygen atoms in total. The molecule has 0 radical (unpaired) electrons. The van der Waals surface area contributed by atoms with Crippen molar-refractivity contribution < 1.29 is 4.74 Å². The van der Waals surface area contributed by atoms with Crippen LogP contribution >= 0.6 is 0 Å². The highest BCUT2D eigenvalue weighted by Crippen LogP contribution is 2.31. The Morgan fingerprint density at radius 1 is 0.889 bits per heavy atom. The second-order valence-electron chi connectivity index (χ2n) is 6.36. The van der Waals surface area contributed by atoms with E-state index in [-0.39, 0.29) is 0 Å². The minimum atomic E-state index is 0.447. The lowest BCUT2D eigenvalue weighted by Gasteiger charge is -2.11. The highest BCUT2D eigenvalue weighted by Gasteiger charge is 2.12. The van der Waals surface area contributed by atoms with Crippen LogP contribution in [0.1, 0.15) is 17.0 Å². The molecule has 134 valence electrons. The zero-order chi connectivity index (χ0) is 18.6. The lowest BCUT2D eigenvalue weighted by molar-refractivity contribution is 0.305. The number of aryl methyl sites for hydroxylation is 2. The second-order valence-corrected chi connectivity index (χ2v) is 6.36. The lowest BCUT2D eigenvalue weighted by atomic mass is 9.97. The van der Waals surface area contributed by atoms with Crippen molar-refractivity contribution in [2.75, 3.05) is 0 Å². The van der Waals surface area contributed by atoms with Gasteiger partial charge in [0.1, 0.15) is 12.4 Å². The van der Waals surface area contributed by atoms with Gasteiger partial charge in [0.2, 0.25) is 5.82 Å². The predicted octanol–water partition coefficient (Wildman–Crippen LogP) is 4.12. The Morgan fingerprint density at radius 2 is 1.67 bits per heavy atom. The number of H-pyrrole nitrogens is 1. The minimum Gasteiger partial charge on any atom is -0.489 e. The molecule has 27 heavy (non-hydrogen) atoms. The van der Waals surface area contributed by atoms with Crippen LogP contribution < -0.4 is 4.74 Å². The minimum absolute atomic E-state index is 0.447.